The van der Waals surface area contributed by atoms with Crippen molar-refractivity contribution in [1.82, 2.24) is 45.3 Å². The Morgan fingerprint density at radius 3 is 2.14 bits per heavy atom. The van der Waals surface area contributed by atoms with Gasteiger partial charge in [-0.1, -0.05) is 95.7 Å². The molecule has 9 rings (SSSR count). The van der Waals surface area contributed by atoms with E-state index in [0.717, 1.165) is 102 Å². The number of hydrogen-bond donors (Lipinski definition) is 3. The minimum atomic E-state index is -0.587. The molecule has 2 atom stereocenters. The molecule has 73 heavy (non-hydrogen) atoms. The summed E-state index contributed by atoms with van der Waals surface area (Å²) in [6.45, 7) is 18.5. The van der Waals surface area contributed by atoms with E-state index < -0.39 is 17.8 Å². The first-order chi connectivity index (χ1) is 35.6. The molecule has 3 N–H and O–H groups in total. The zero-order chi connectivity index (χ0) is 51.5. The van der Waals surface area contributed by atoms with E-state index in [0.29, 0.717) is 60.7 Å². The third-order valence-corrected chi connectivity index (χ3v) is 15.8. The monoisotopic (exact) mass is 1000 g/mol. The normalized spacial score (nSPS) is 19.8. The van der Waals surface area contributed by atoms with E-state index >= 15 is 0 Å². The lowest BCUT2D eigenvalue weighted by molar-refractivity contribution is -0.136. The maximum atomic E-state index is 14.4. The van der Waals surface area contributed by atoms with Crippen molar-refractivity contribution >= 4 is 34.9 Å². The number of H-pyrrole nitrogens is 1. The van der Waals surface area contributed by atoms with E-state index in [9.17, 15) is 28.4 Å². The lowest BCUT2D eigenvalue weighted by Crippen LogP contribution is -2.57. The molecule has 14 nitrogen and oxygen atoms in total. The summed E-state index contributed by atoms with van der Waals surface area (Å²) in [5.41, 5.74) is 3.00. The van der Waals surface area contributed by atoms with Crippen molar-refractivity contribution in [3.05, 3.63) is 111 Å². The molecule has 5 aliphatic rings. The van der Waals surface area contributed by atoms with Crippen molar-refractivity contribution in [2.45, 2.75) is 116 Å². The van der Waals surface area contributed by atoms with E-state index in [1.165, 1.54) is 75.7 Å². The summed E-state index contributed by atoms with van der Waals surface area (Å²) in [6, 6.07) is 19.2. The summed E-state index contributed by atoms with van der Waals surface area (Å²) in [4.78, 5) is 73.3. The van der Waals surface area contributed by atoms with Crippen LogP contribution >= 0.6 is 0 Å². The number of likely N-dealkylation sites (tertiary alicyclic amines) is 1. The fraction of sp³-hybridized carbons (Fsp3) is 0.586. The number of rotatable bonds is 14. The SMILES string of the molecule is CCCCC.CCN1CCC(CN2CCN(C(=O)C(NC(=O)c3cccc(C4CCCNC4)c3)C3CCCCC3)CC2)CC1.O=CN1CCN(C(=O)c2cc(Cc3n[nH]c(=O)c4ccccc34)ccc2F)CC1. The van der Waals surface area contributed by atoms with Crippen LogP contribution in [0.3, 0.4) is 0 Å². The molecule has 4 amide bonds. The summed E-state index contributed by atoms with van der Waals surface area (Å²) >= 11 is 0. The van der Waals surface area contributed by atoms with Crippen molar-refractivity contribution < 1.29 is 23.6 Å². The largest absolute Gasteiger partial charge is 0.342 e. The number of nitrogens with one attached hydrogen (secondary N) is 3. The highest BCUT2D eigenvalue weighted by Crippen LogP contribution is 2.29. The molecule has 15 heteroatoms. The molecular weight excluding hydrogens is 922 g/mol. The first-order valence-electron chi connectivity index (χ1n) is 27.7. The molecule has 396 valence electrons. The van der Waals surface area contributed by atoms with Crippen LogP contribution < -0.4 is 16.2 Å². The standard InChI is InChI=1S/C32H51N5O2.C21H19FN4O3.C5H12/c1-2-35-16-13-25(14-17-35)24-36-18-20-37(21-19-36)32(39)30(26-8-4-3-5-9-26)34-31(38)28-11-6-10-27(22-28)29-12-7-15-33-23-29;22-18-6-5-14(11-17(18)21(29)26-9-7-25(13-27)8-10-26)12-19-15-3-1-2-4-16(15)20(28)24-23-19;1-3-5-4-2/h6,10-11,22,25-26,29-30,33H,2-5,7-9,12-21,23-24H2,1H3,(H,34,38);1-6,11,13H,7-10,12H2,(H,24,28);3-5H2,1-2H3. The third kappa shape index (κ3) is 15.5. The van der Waals surface area contributed by atoms with Gasteiger partial charge >= 0.3 is 0 Å². The Morgan fingerprint density at radius 1 is 0.767 bits per heavy atom. The number of hydrogen-bond acceptors (Lipinski definition) is 9. The second kappa shape index (κ2) is 28.2. The van der Waals surface area contributed by atoms with Crippen LogP contribution in [0, 0.1) is 17.7 Å². The number of unbranched alkanes of at least 4 members (excludes halogenated alkanes) is 2. The molecule has 4 aliphatic heterocycles. The predicted molar refractivity (Wildman–Crippen MR) is 287 cm³/mol. The lowest BCUT2D eigenvalue weighted by atomic mass is 9.83. The number of piperidine rings is 2. The smallest absolute Gasteiger partial charge is 0.272 e. The fourth-order valence-electron chi connectivity index (χ4n) is 11.2. The molecule has 0 spiro atoms. The molecule has 5 fully saturated rings. The van der Waals surface area contributed by atoms with E-state index in [1.807, 2.05) is 29.2 Å². The van der Waals surface area contributed by atoms with Crippen LogP contribution in [0.1, 0.15) is 141 Å². The van der Waals surface area contributed by atoms with E-state index in [4.69, 9.17) is 0 Å². The molecule has 3 aromatic carbocycles. The Morgan fingerprint density at radius 2 is 1.48 bits per heavy atom. The van der Waals surface area contributed by atoms with Crippen LogP contribution in [0.25, 0.3) is 10.8 Å². The van der Waals surface area contributed by atoms with Gasteiger partial charge in [-0.25, -0.2) is 9.49 Å². The molecule has 1 saturated carbocycles. The first-order valence-corrected chi connectivity index (χ1v) is 27.7. The Hall–Kier alpha value is -5.51. The molecule has 4 saturated heterocycles. The Balaban J connectivity index is 0.000000203. The zero-order valence-electron chi connectivity index (χ0n) is 43.9. The summed E-state index contributed by atoms with van der Waals surface area (Å²) in [5.74, 6) is 0.537. The molecule has 1 aliphatic carbocycles. The van der Waals surface area contributed by atoms with Crippen LogP contribution in [-0.4, -0.2) is 156 Å². The molecule has 2 unspecified atom stereocenters. The Bertz CT molecular complexity index is 2450. The Labute approximate surface area is 432 Å². The summed E-state index contributed by atoms with van der Waals surface area (Å²) in [6.07, 6.45) is 15.7. The van der Waals surface area contributed by atoms with Gasteiger partial charge < -0.3 is 30.2 Å². The van der Waals surface area contributed by atoms with Crippen molar-refractivity contribution in [3.63, 3.8) is 0 Å². The van der Waals surface area contributed by atoms with E-state index in [-0.39, 0.29) is 28.9 Å². The summed E-state index contributed by atoms with van der Waals surface area (Å²) in [7, 11) is 0. The van der Waals surface area contributed by atoms with Gasteiger partial charge in [-0.05, 0) is 124 Å². The van der Waals surface area contributed by atoms with Gasteiger partial charge in [-0.15, -0.1) is 0 Å². The van der Waals surface area contributed by atoms with Crippen LogP contribution in [0.15, 0.2) is 71.5 Å². The lowest BCUT2D eigenvalue weighted by Gasteiger charge is -2.40. The molecule has 0 radical (unpaired) electrons. The topological polar surface area (TPSA) is 154 Å². The number of aromatic nitrogens is 2. The summed E-state index contributed by atoms with van der Waals surface area (Å²) in [5, 5.41) is 14.6. The highest BCUT2D eigenvalue weighted by atomic mass is 19.1. The van der Waals surface area contributed by atoms with Gasteiger partial charge in [-0.2, -0.15) is 5.10 Å². The highest BCUT2D eigenvalue weighted by Gasteiger charge is 2.36. The van der Waals surface area contributed by atoms with Gasteiger partial charge in [-0.3, -0.25) is 28.9 Å². The zero-order valence-corrected chi connectivity index (χ0v) is 43.9. The number of amides is 4. The minimum absolute atomic E-state index is 0.00390. The second-order valence-electron chi connectivity index (χ2n) is 20.8. The number of benzene rings is 3. The average Bonchev–Trinajstić information content (AvgIpc) is 3.44. The molecule has 1 aromatic heterocycles. The molecular formula is C58H82FN9O5. The van der Waals surface area contributed by atoms with Gasteiger partial charge in [0.2, 0.25) is 12.3 Å². The Kier molecular flexibility index (Phi) is 21.4. The van der Waals surface area contributed by atoms with Gasteiger partial charge in [0.05, 0.1) is 16.6 Å². The maximum Gasteiger partial charge on any atom is 0.272 e. The summed E-state index contributed by atoms with van der Waals surface area (Å²) < 4.78 is 14.4. The number of carbonyl (C=O) groups excluding carboxylic acids is 4. The first kappa shape index (κ1) is 55.2. The number of fused-ring (bicyclic) bond motifs is 1. The number of piperazine rings is 2. The fourth-order valence-corrected chi connectivity index (χ4v) is 11.2. The van der Waals surface area contributed by atoms with Crippen molar-refractivity contribution in [2.24, 2.45) is 11.8 Å². The van der Waals surface area contributed by atoms with Gasteiger partial charge in [0.15, 0.2) is 0 Å². The minimum Gasteiger partial charge on any atom is -0.342 e. The van der Waals surface area contributed by atoms with Gasteiger partial charge in [0, 0.05) is 82.8 Å². The van der Waals surface area contributed by atoms with Crippen LogP contribution in [0.5, 0.6) is 0 Å². The highest BCUT2D eigenvalue weighted by molar-refractivity contribution is 5.98. The van der Waals surface area contributed by atoms with Crippen LogP contribution in [-0.2, 0) is 16.0 Å². The maximum absolute atomic E-state index is 14.4. The quantitative estimate of drug-likeness (QED) is 0.109. The van der Waals surface area contributed by atoms with Gasteiger partial charge in [0.1, 0.15) is 11.9 Å². The van der Waals surface area contributed by atoms with Crippen molar-refractivity contribution in [3.8, 4) is 0 Å². The third-order valence-electron chi connectivity index (χ3n) is 15.8. The van der Waals surface area contributed by atoms with Crippen LogP contribution in [0.4, 0.5) is 4.39 Å². The van der Waals surface area contributed by atoms with E-state index in [2.05, 4.69) is 63.5 Å². The van der Waals surface area contributed by atoms with Gasteiger partial charge in [0.25, 0.3) is 17.4 Å². The number of aromatic amines is 1. The predicted octanol–water partition coefficient (Wildman–Crippen LogP) is 7.47. The van der Waals surface area contributed by atoms with Crippen molar-refractivity contribution in [1.29, 1.82) is 0 Å². The molecule has 0 bridgehead atoms. The molecule has 4 aromatic rings. The van der Waals surface area contributed by atoms with E-state index in [1.54, 1.807) is 28.0 Å². The van der Waals surface area contributed by atoms with Crippen LogP contribution in [0.2, 0.25) is 0 Å². The van der Waals surface area contributed by atoms with Crippen molar-refractivity contribution in [2.75, 3.05) is 91.6 Å². The number of halogens is 1. The number of nitrogens with zero attached hydrogens (tertiary/aromatic N) is 6. The number of carbonyl (C=O) groups is 4. The molecule has 5 heterocycles. The second-order valence-corrected chi connectivity index (χ2v) is 20.8. The average molecular weight is 1000 g/mol.